The van der Waals surface area contributed by atoms with E-state index in [9.17, 15) is 0 Å². The van der Waals surface area contributed by atoms with Gasteiger partial charge in [-0.1, -0.05) is 18.6 Å². The molecule has 2 aromatic rings. The van der Waals surface area contributed by atoms with Gasteiger partial charge < -0.3 is 10.3 Å². The number of hydrogen-bond donors (Lipinski definition) is 2. The lowest BCUT2D eigenvalue weighted by molar-refractivity contribution is 0.412. The molecule has 1 saturated heterocycles. The summed E-state index contributed by atoms with van der Waals surface area (Å²) < 4.78 is 1.14. The fraction of sp³-hybridized carbons (Fsp3) is 0.385. The maximum atomic E-state index is 3.58. The second-order valence-corrected chi connectivity index (χ2v) is 5.30. The van der Waals surface area contributed by atoms with E-state index < -0.39 is 0 Å². The summed E-state index contributed by atoms with van der Waals surface area (Å²) in [6.45, 7) is 1.15. The van der Waals surface area contributed by atoms with Gasteiger partial charge in [-0.25, -0.2) is 0 Å². The van der Waals surface area contributed by atoms with Crippen molar-refractivity contribution in [2.45, 2.75) is 25.3 Å². The van der Waals surface area contributed by atoms with E-state index in [1.165, 1.54) is 35.7 Å². The molecule has 0 amide bonds. The van der Waals surface area contributed by atoms with Crippen LogP contribution in [0.2, 0.25) is 0 Å². The fourth-order valence-corrected chi connectivity index (χ4v) is 2.92. The van der Waals surface area contributed by atoms with E-state index in [0.717, 1.165) is 11.0 Å². The van der Waals surface area contributed by atoms with E-state index in [1.54, 1.807) is 0 Å². The minimum atomic E-state index is 0.542. The first-order valence-corrected chi connectivity index (χ1v) is 6.64. The van der Waals surface area contributed by atoms with Crippen LogP contribution in [-0.4, -0.2) is 11.5 Å². The quantitative estimate of drug-likeness (QED) is 0.817. The van der Waals surface area contributed by atoms with Crippen molar-refractivity contribution < 1.29 is 0 Å². The van der Waals surface area contributed by atoms with Crippen LogP contribution in [0, 0.1) is 0 Å². The molecule has 1 fully saturated rings. The molecule has 84 valence electrons. The molecule has 1 aliphatic rings. The van der Waals surface area contributed by atoms with Crippen LogP contribution in [0.25, 0.3) is 10.9 Å². The maximum Gasteiger partial charge on any atom is 0.0469 e. The Labute approximate surface area is 104 Å². The molecule has 2 N–H and O–H groups in total. The van der Waals surface area contributed by atoms with Crippen LogP contribution in [0.1, 0.15) is 30.9 Å². The first-order chi connectivity index (χ1) is 7.84. The van der Waals surface area contributed by atoms with Crippen LogP contribution in [-0.2, 0) is 0 Å². The second-order valence-electron chi connectivity index (χ2n) is 4.44. The number of aromatic nitrogens is 1. The summed E-state index contributed by atoms with van der Waals surface area (Å²) in [5.41, 5.74) is 2.62. The van der Waals surface area contributed by atoms with Crippen molar-refractivity contribution in [3.05, 3.63) is 34.4 Å². The van der Waals surface area contributed by atoms with Gasteiger partial charge in [-0.3, -0.25) is 0 Å². The molecule has 3 rings (SSSR count). The van der Waals surface area contributed by atoms with Crippen molar-refractivity contribution in [3.8, 4) is 0 Å². The lowest BCUT2D eigenvalue weighted by Gasteiger charge is -2.23. The molecular weight excluding hydrogens is 264 g/mol. The molecular formula is C13H15BrN2. The monoisotopic (exact) mass is 278 g/mol. The number of benzene rings is 1. The average Bonchev–Trinajstić information content (AvgIpc) is 2.72. The topological polar surface area (TPSA) is 27.8 Å². The minimum absolute atomic E-state index is 0.542. The Hall–Kier alpha value is -0.800. The number of halogens is 1. The highest BCUT2D eigenvalue weighted by molar-refractivity contribution is 9.10. The predicted molar refractivity (Wildman–Crippen MR) is 70.6 cm³/mol. The second kappa shape index (κ2) is 4.22. The standard InChI is InChI=1S/C13H15BrN2/c14-11-8-16-13-7-9(4-5-10(11)13)12-3-1-2-6-15-12/h4-5,7-8,12,15-16H,1-3,6H2. The zero-order valence-corrected chi connectivity index (χ0v) is 10.7. The third-order valence-electron chi connectivity index (χ3n) is 3.37. The van der Waals surface area contributed by atoms with Crippen LogP contribution in [0.5, 0.6) is 0 Å². The highest BCUT2D eigenvalue weighted by Crippen LogP contribution is 2.28. The van der Waals surface area contributed by atoms with E-state index in [-0.39, 0.29) is 0 Å². The molecule has 2 heterocycles. The number of rotatable bonds is 1. The molecule has 0 saturated carbocycles. The van der Waals surface area contributed by atoms with Gasteiger partial charge in [0.1, 0.15) is 0 Å². The first kappa shape index (κ1) is 10.4. The molecule has 0 spiro atoms. The summed E-state index contributed by atoms with van der Waals surface area (Å²) in [7, 11) is 0. The Bertz CT molecular complexity index is 498. The summed E-state index contributed by atoms with van der Waals surface area (Å²) in [5.74, 6) is 0. The van der Waals surface area contributed by atoms with Crippen molar-refractivity contribution in [2.24, 2.45) is 0 Å². The van der Waals surface area contributed by atoms with E-state index in [1.807, 2.05) is 6.20 Å². The number of hydrogen-bond acceptors (Lipinski definition) is 1. The van der Waals surface area contributed by atoms with Crippen LogP contribution in [0.4, 0.5) is 0 Å². The fourth-order valence-electron chi connectivity index (χ4n) is 2.46. The predicted octanol–water partition coefficient (Wildman–Crippen LogP) is 3.75. The van der Waals surface area contributed by atoms with E-state index in [0.29, 0.717) is 6.04 Å². The summed E-state index contributed by atoms with van der Waals surface area (Å²) in [6, 6.07) is 7.24. The lowest BCUT2D eigenvalue weighted by Crippen LogP contribution is -2.26. The lowest BCUT2D eigenvalue weighted by atomic mass is 9.97. The first-order valence-electron chi connectivity index (χ1n) is 5.84. The molecule has 2 nitrogen and oxygen atoms in total. The molecule has 1 atom stereocenters. The molecule has 0 radical (unpaired) electrons. The molecule has 1 aromatic heterocycles. The van der Waals surface area contributed by atoms with Crippen molar-refractivity contribution in [1.82, 2.24) is 10.3 Å². The summed E-state index contributed by atoms with van der Waals surface area (Å²) in [5, 5.41) is 4.84. The van der Waals surface area contributed by atoms with Crippen molar-refractivity contribution >= 4 is 26.8 Å². The molecule has 0 aliphatic carbocycles. The van der Waals surface area contributed by atoms with Crippen molar-refractivity contribution in [2.75, 3.05) is 6.54 Å². The maximum absolute atomic E-state index is 3.58. The molecule has 16 heavy (non-hydrogen) atoms. The van der Waals surface area contributed by atoms with Gasteiger partial charge >= 0.3 is 0 Å². The van der Waals surface area contributed by atoms with Gasteiger partial charge in [0.2, 0.25) is 0 Å². The van der Waals surface area contributed by atoms with Gasteiger partial charge in [0.15, 0.2) is 0 Å². The van der Waals surface area contributed by atoms with Crippen LogP contribution >= 0.6 is 15.9 Å². The Morgan fingerprint density at radius 2 is 2.19 bits per heavy atom. The van der Waals surface area contributed by atoms with Crippen molar-refractivity contribution in [3.63, 3.8) is 0 Å². The molecule has 0 bridgehead atoms. The number of aromatic amines is 1. The van der Waals surface area contributed by atoms with Gasteiger partial charge in [0, 0.05) is 27.6 Å². The van der Waals surface area contributed by atoms with Crippen molar-refractivity contribution in [1.29, 1.82) is 0 Å². The zero-order valence-electron chi connectivity index (χ0n) is 9.09. The van der Waals surface area contributed by atoms with Gasteiger partial charge in [-0.15, -0.1) is 0 Å². The van der Waals surface area contributed by atoms with E-state index >= 15 is 0 Å². The van der Waals surface area contributed by atoms with Gasteiger partial charge in [0.25, 0.3) is 0 Å². The molecule has 3 heteroatoms. The Morgan fingerprint density at radius 3 is 3.00 bits per heavy atom. The minimum Gasteiger partial charge on any atom is -0.360 e. The number of fused-ring (bicyclic) bond motifs is 1. The van der Waals surface area contributed by atoms with Gasteiger partial charge in [-0.2, -0.15) is 0 Å². The van der Waals surface area contributed by atoms with Gasteiger partial charge in [-0.05, 0) is 46.9 Å². The zero-order chi connectivity index (χ0) is 11.0. The average molecular weight is 279 g/mol. The summed E-state index contributed by atoms with van der Waals surface area (Å²) >= 11 is 3.54. The smallest absolute Gasteiger partial charge is 0.0469 e. The van der Waals surface area contributed by atoms with Gasteiger partial charge in [0.05, 0.1) is 0 Å². The number of nitrogens with one attached hydrogen (secondary N) is 2. The highest BCUT2D eigenvalue weighted by atomic mass is 79.9. The largest absolute Gasteiger partial charge is 0.360 e. The van der Waals surface area contributed by atoms with E-state index in [4.69, 9.17) is 0 Å². The molecule has 1 aromatic carbocycles. The van der Waals surface area contributed by atoms with E-state index in [2.05, 4.69) is 44.4 Å². The molecule has 1 unspecified atom stereocenters. The highest BCUT2D eigenvalue weighted by Gasteiger charge is 2.15. The SMILES string of the molecule is Brc1c[nH]c2cc(C3CCCCN3)ccc12. The Balaban J connectivity index is 1.97. The Kier molecular flexibility index (Phi) is 2.74. The third kappa shape index (κ3) is 1.78. The normalized spacial score (nSPS) is 21.4. The number of piperidine rings is 1. The number of H-pyrrole nitrogens is 1. The van der Waals surface area contributed by atoms with Crippen LogP contribution < -0.4 is 5.32 Å². The molecule has 1 aliphatic heterocycles. The Morgan fingerprint density at radius 1 is 1.25 bits per heavy atom. The van der Waals surface area contributed by atoms with Crippen LogP contribution in [0.15, 0.2) is 28.9 Å². The van der Waals surface area contributed by atoms with Crippen LogP contribution in [0.3, 0.4) is 0 Å². The third-order valence-corrected chi connectivity index (χ3v) is 4.02. The summed E-state index contributed by atoms with van der Waals surface area (Å²) in [6.07, 6.45) is 5.91. The summed E-state index contributed by atoms with van der Waals surface area (Å²) in [4.78, 5) is 3.29.